The molecule has 1 unspecified atom stereocenters. The number of para-hydroxylation sites is 1. The van der Waals surface area contributed by atoms with Gasteiger partial charge in [0.2, 0.25) is 5.70 Å². The fourth-order valence-corrected chi connectivity index (χ4v) is 3.96. The average Bonchev–Trinajstić information content (AvgIpc) is 2.85. The number of halogens is 3. The van der Waals surface area contributed by atoms with Crippen molar-refractivity contribution in [3.63, 3.8) is 0 Å². The van der Waals surface area contributed by atoms with Gasteiger partial charge in [0.1, 0.15) is 4.91 Å². The van der Waals surface area contributed by atoms with Crippen LogP contribution in [0.5, 0.6) is 0 Å². The number of benzene rings is 1. The molecule has 1 atom stereocenters. The lowest BCUT2D eigenvalue weighted by Gasteiger charge is -2.21. The number of carbonyl (C=O) groups is 1. The summed E-state index contributed by atoms with van der Waals surface area (Å²) in [4.78, 5) is 12.7. The van der Waals surface area contributed by atoms with Gasteiger partial charge in [-0.15, -0.1) is 0 Å². The molecule has 0 fully saturated rings. The number of fused-ring (bicyclic) bond motifs is 1. The molecule has 0 aromatic heterocycles. The van der Waals surface area contributed by atoms with Crippen LogP contribution in [0.2, 0.25) is 0 Å². The first kappa shape index (κ1) is 16.7. The molecule has 0 bridgehead atoms. The molecule has 3 rings (SSSR count). The van der Waals surface area contributed by atoms with Crippen LogP contribution >= 0.6 is 11.8 Å². The molecule has 0 saturated carbocycles. The number of allylic oxidation sites excluding steroid dienone is 3. The number of amides is 1. The van der Waals surface area contributed by atoms with Gasteiger partial charge < -0.3 is 11.1 Å². The Bertz CT molecular complexity index is 782. The predicted octanol–water partition coefficient (Wildman–Crippen LogP) is 2.21. The molecule has 1 aromatic rings. The molecular formula is C16H15F3N3OS+. The maximum atomic E-state index is 13.0. The molecule has 4 nitrogen and oxygen atoms in total. The maximum absolute atomic E-state index is 13.0. The Kier molecular flexibility index (Phi) is 4.18. The van der Waals surface area contributed by atoms with E-state index in [0.29, 0.717) is 16.8 Å². The molecule has 126 valence electrons. The van der Waals surface area contributed by atoms with E-state index in [0.717, 1.165) is 23.2 Å². The van der Waals surface area contributed by atoms with Crippen LogP contribution in [0.4, 0.5) is 18.9 Å². The molecule has 5 N–H and O–H groups in total. The molecular weight excluding hydrogens is 339 g/mol. The second-order valence-electron chi connectivity index (χ2n) is 5.46. The summed E-state index contributed by atoms with van der Waals surface area (Å²) in [5.74, 6) is -0.416. The van der Waals surface area contributed by atoms with Crippen LogP contribution in [0.3, 0.4) is 0 Å². The van der Waals surface area contributed by atoms with E-state index in [1.807, 2.05) is 6.07 Å². The largest absolute Gasteiger partial charge is 0.466 e. The van der Waals surface area contributed by atoms with Crippen molar-refractivity contribution in [1.82, 2.24) is 0 Å². The second kappa shape index (κ2) is 6.03. The number of hydrogen-bond acceptors (Lipinski definition) is 3. The van der Waals surface area contributed by atoms with Crippen LogP contribution in [-0.2, 0) is 4.79 Å². The van der Waals surface area contributed by atoms with Gasteiger partial charge in [-0.1, -0.05) is 18.2 Å². The minimum absolute atomic E-state index is 0.240. The Labute approximate surface area is 140 Å². The first-order valence-electron chi connectivity index (χ1n) is 7.15. The molecule has 1 aromatic carbocycles. The Morgan fingerprint density at radius 2 is 1.96 bits per heavy atom. The van der Waals surface area contributed by atoms with Gasteiger partial charge in [-0.2, -0.15) is 13.2 Å². The van der Waals surface area contributed by atoms with Crippen molar-refractivity contribution in [2.24, 2.45) is 5.73 Å². The van der Waals surface area contributed by atoms with E-state index in [2.05, 4.69) is 5.32 Å². The summed E-state index contributed by atoms with van der Waals surface area (Å²) in [5, 5.41) is 3.23. The number of alkyl halides is 3. The van der Waals surface area contributed by atoms with E-state index >= 15 is 0 Å². The van der Waals surface area contributed by atoms with Gasteiger partial charge in [0.15, 0.2) is 5.37 Å². The summed E-state index contributed by atoms with van der Waals surface area (Å²) < 4.78 is 38.9. The zero-order valence-corrected chi connectivity index (χ0v) is 13.5. The van der Waals surface area contributed by atoms with Crippen LogP contribution in [0, 0.1) is 0 Å². The Hall–Kier alpha value is -2.19. The minimum Gasteiger partial charge on any atom is -0.397 e. The maximum Gasteiger partial charge on any atom is 0.466 e. The van der Waals surface area contributed by atoms with Crippen LogP contribution in [0.25, 0.3) is 0 Å². The highest BCUT2D eigenvalue weighted by atomic mass is 32.2. The summed E-state index contributed by atoms with van der Waals surface area (Å²) in [6, 6.07) is 8.81. The van der Waals surface area contributed by atoms with Crippen molar-refractivity contribution in [3.05, 3.63) is 63.9 Å². The third kappa shape index (κ3) is 3.07. The molecule has 8 heteroatoms. The van der Waals surface area contributed by atoms with E-state index in [9.17, 15) is 18.0 Å². The molecule has 0 saturated heterocycles. The van der Waals surface area contributed by atoms with Gasteiger partial charge >= 0.3 is 6.18 Å². The number of nitrogens with two attached hydrogens (primary N) is 2. The molecule has 2 heterocycles. The van der Waals surface area contributed by atoms with E-state index in [1.165, 1.54) is 0 Å². The molecule has 0 spiro atoms. The lowest BCUT2D eigenvalue weighted by atomic mass is 10.0. The quantitative estimate of drug-likeness (QED) is 0.763. The summed E-state index contributed by atoms with van der Waals surface area (Å²) >= 11 is 1.04. The number of quaternary nitrogens is 1. The van der Waals surface area contributed by atoms with Crippen molar-refractivity contribution in [3.8, 4) is 0 Å². The summed E-state index contributed by atoms with van der Waals surface area (Å²) in [6.45, 7) is 1.58. The van der Waals surface area contributed by atoms with Gasteiger partial charge in [0.25, 0.3) is 5.91 Å². The summed E-state index contributed by atoms with van der Waals surface area (Å²) in [7, 11) is 0. The van der Waals surface area contributed by atoms with Crippen LogP contribution in [0.15, 0.2) is 63.9 Å². The van der Waals surface area contributed by atoms with Crippen molar-refractivity contribution in [2.75, 3.05) is 5.32 Å². The Morgan fingerprint density at radius 3 is 2.58 bits per heavy atom. The Morgan fingerprint density at radius 1 is 1.29 bits per heavy atom. The van der Waals surface area contributed by atoms with Gasteiger partial charge in [-0.3, -0.25) is 10.1 Å². The van der Waals surface area contributed by atoms with E-state index in [1.54, 1.807) is 31.2 Å². The number of hydrogen-bond donors (Lipinski definition) is 3. The zero-order chi connectivity index (χ0) is 17.5. The monoisotopic (exact) mass is 354 g/mol. The number of carbonyl (C=O) groups excluding carboxylic acids is 1. The van der Waals surface area contributed by atoms with E-state index in [4.69, 9.17) is 5.73 Å². The number of nitrogens with one attached hydrogen (secondary N) is 1. The highest BCUT2D eigenvalue weighted by Gasteiger charge is 2.46. The van der Waals surface area contributed by atoms with Crippen molar-refractivity contribution < 1.29 is 23.3 Å². The van der Waals surface area contributed by atoms with Gasteiger partial charge in [-0.05, 0) is 36.4 Å². The van der Waals surface area contributed by atoms with Crippen molar-refractivity contribution in [1.29, 1.82) is 0 Å². The normalized spacial score (nSPS) is 20.8. The third-order valence-corrected chi connectivity index (χ3v) is 5.02. The molecule has 1 amide bonds. The zero-order valence-electron chi connectivity index (χ0n) is 12.6. The standard InChI is InChI=1S/C16H14F3N3OS/c1-8-7-10(16(17,18)19)22-15-11(8)12(20)13(24-15)14(23)21-9-5-3-2-4-6-9/h2-7,15,22H,20H2,1H3,(H,21,23)/p+1. The molecule has 24 heavy (non-hydrogen) atoms. The number of rotatable bonds is 2. The van der Waals surface area contributed by atoms with E-state index in [-0.39, 0.29) is 10.6 Å². The van der Waals surface area contributed by atoms with Crippen LogP contribution < -0.4 is 16.4 Å². The molecule has 2 aliphatic heterocycles. The first-order chi connectivity index (χ1) is 11.3. The lowest BCUT2D eigenvalue weighted by Crippen LogP contribution is -2.90. The Balaban J connectivity index is 1.87. The molecule has 2 aliphatic rings. The predicted molar refractivity (Wildman–Crippen MR) is 86.4 cm³/mol. The second-order valence-corrected chi connectivity index (χ2v) is 6.61. The van der Waals surface area contributed by atoms with Crippen LogP contribution in [-0.4, -0.2) is 17.5 Å². The average molecular weight is 354 g/mol. The highest BCUT2D eigenvalue weighted by Crippen LogP contribution is 2.41. The summed E-state index contributed by atoms with van der Waals surface area (Å²) in [6.07, 6.45) is -3.35. The van der Waals surface area contributed by atoms with Gasteiger partial charge in [0.05, 0.1) is 5.70 Å². The fourth-order valence-electron chi connectivity index (χ4n) is 2.66. The first-order valence-corrected chi connectivity index (χ1v) is 8.03. The van der Waals surface area contributed by atoms with Gasteiger partial charge in [0, 0.05) is 17.3 Å². The van der Waals surface area contributed by atoms with Crippen LogP contribution in [0.1, 0.15) is 6.92 Å². The van der Waals surface area contributed by atoms with Crippen molar-refractivity contribution >= 4 is 23.4 Å². The SMILES string of the molecule is CC1=C2C(N)=C(C(=O)Nc3ccccc3)SC2[NH2+]C(C(F)(F)F)=C1. The topological polar surface area (TPSA) is 71.7 Å². The summed E-state index contributed by atoms with van der Waals surface area (Å²) in [5.41, 5.74) is 7.18. The fraction of sp³-hybridized carbons (Fsp3) is 0.188. The smallest absolute Gasteiger partial charge is 0.397 e. The van der Waals surface area contributed by atoms with E-state index < -0.39 is 23.2 Å². The van der Waals surface area contributed by atoms with Gasteiger partial charge in [-0.25, -0.2) is 0 Å². The third-order valence-electron chi connectivity index (χ3n) is 3.76. The van der Waals surface area contributed by atoms with Crippen molar-refractivity contribution in [2.45, 2.75) is 18.5 Å². The number of anilines is 1. The number of thioether (sulfide) groups is 1. The minimum atomic E-state index is -4.42. The lowest BCUT2D eigenvalue weighted by molar-refractivity contribution is -0.631. The molecule has 0 radical (unpaired) electrons. The highest BCUT2D eigenvalue weighted by molar-refractivity contribution is 8.04. The molecule has 0 aliphatic carbocycles.